The number of hydrogen-bond donors (Lipinski definition) is 0. The Morgan fingerprint density at radius 1 is 0.824 bits per heavy atom. The van der Waals surface area contributed by atoms with E-state index in [0.717, 1.165) is 72.3 Å². The van der Waals surface area contributed by atoms with Crippen molar-refractivity contribution in [1.29, 1.82) is 0 Å². The molecule has 1 atom stereocenters. The lowest BCUT2D eigenvalue weighted by molar-refractivity contribution is 0.00958. The molecule has 0 N–H and O–H groups in total. The second kappa shape index (κ2) is 15.0. The van der Waals surface area contributed by atoms with Crippen molar-refractivity contribution in [2.24, 2.45) is 7.05 Å². The smallest absolute Gasteiger partial charge is 0.410 e. The van der Waals surface area contributed by atoms with Gasteiger partial charge < -0.3 is 24.0 Å². The van der Waals surface area contributed by atoms with Gasteiger partial charge in [-0.2, -0.15) is 10.1 Å². The topological polar surface area (TPSA) is 85.2 Å². The molecule has 0 radical (unpaired) electrons. The number of aromatic nitrogens is 3. The number of rotatable bonds is 9. The van der Waals surface area contributed by atoms with Gasteiger partial charge in [0.15, 0.2) is 0 Å². The van der Waals surface area contributed by atoms with Gasteiger partial charge in [-0.3, -0.25) is 9.58 Å². The van der Waals surface area contributed by atoms with Crippen LogP contribution in [-0.2, 0) is 25.0 Å². The zero-order valence-electron chi connectivity index (χ0n) is 30.1. The Balaban J connectivity index is 1.08. The Bertz CT molecular complexity index is 1930. The van der Waals surface area contributed by atoms with Crippen molar-refractivity contribution < 1.29 is 19.0 Å². The summed E-state index contributed by atoms with van der Waals surface area (Å²) in [6, 6.07) is 31.2. The van der Waals surface area contributed by atoms with E-state index in [1.807, 2.05) is 110 Å². The van der Waals surface area contributed by atoms with Crippen LogP contribution in [0.2, 0.25) is 0 Å². The molecule has 10 heteroatoms. The van der Waals surface area contributed by atoms with Gasteiger partial charge in [-0.05, 0) is 69.0 Å². The van der Waals surface area contributed by atoms with Gasteiger partial charge in [0.2, 0.25) is 11.8 Å². The number of hydrogen-bond acceptors (Lipinski definition) is 8. The minimum atomic E-state index is -0.481. The van der Waals surface area contributed by atoms with Crippen LogP contribution in [0.1, 0.15) is 44.7 Å². The normalized spacial score (nSPS) is 17.1. The van der Waals surface area contributed by atoms with E-state index in [4.69, 9.17) is 24.3 Å². The average Bonchev–Trinajstić information content (AvgIpc) is 3.48. The number of nitrogens with zero attached hydrogens (tertiary/aromatic N) is 6. The molecule has 5 aromatic rings. The zero-order chi connectivity index (χ0) is 35.4. The largest absolute Gasteiger partial charge is 0.473 e. The van der Waals surface area contributed by atoms with E-state index in [0.29, 0.717) is 44.1 Å². The predicted octanol–water partition coefficient (Wildman–Crippen LogP) is 7.31. The third-order valence-corrected chi connectivity index (χ3v) is 9.62. The lowest BCUT2D eigenvalue weighted by atomic mass is 10.0. The van der Waals surface area contributed by atoms with Crippen LogP contribution >= 0.6 is 0 Å². The van der Waals surface area contributed by atoms with Crippen LogP contribution in [-0.4, -0.2) is 81.6 Å². The number of carbonyl (C=O) groups excluding carboxylic acids is 1. The van der Waals surface area contributed by atoms with Gasteiger partial charge in [-0.15, -0.1) is 0 Å². The Labute approximate surface area is 300 Å². The Kier molecular flexibility index (Phi) is 10.1. The molecule has 0 saturated carbocycles. The molecule has 2 fully saturated rings. The van der Waals surface area contributed by atoms with Crippen molar-refractivity contribution in [3.63, 3.8) is 0 Å². The van der Waals surface area contributed by atoms with Crippen LogP contribution in [0.3, 0.4) is 0 Å². The molecular formula is C41H48N6O4. The monoisotopic (exact) mass is 688 g/mol. The Morgan fingerprint density at radius 3 is 2.20 bits per heavy atom. The van der Waals surface area contributed by atoms with Crippen molar-refractivity contribution in [2.45, 2.75) is 58.5 Å². The summed E-state index contributed by atoms with van der Waals surface area (Å²) in [5.74, 6) is 0.984. The molecule has 1 unspecified atom stereocenters. The van der Waals surface area contributed by atoms with Gasteiger partial charge in [0, 0.05) is 69.5 Å². The molecular weight excluding hydrogens is 640 g/mol. The molecule has 0 spiro atoms. The number of pyridine rings is 1. The molecule has 2 aliphatic rings. The van der Waals surface area contributed by atoms with Gasteiger partial charge in [0.05, 0.1) is 11.1 Å². The maximum atomic E-state index is 12.6. The summed E-state index contributed by atoms with van der Waals surface area (Å²) in [5.41, 5.74) is 5.53. The predicted molar refractivity (Wildman–Crippen MR) is 200 cm³/mol. The fraction of sp³-hybridized carbons (Fsp3) is 0.390. The molecule has 0 bridgehead atoms. The number of aryl methyl sites for hydroxylation is 1. The molecule has 7 rings (SSSR count). The van der Waals surface area contributed by atoms with E-state index in [-0.39, 0.29) is 6.09 Å². The van der Waals surface area contributed by atoms with Crippen LogP contribution in [0.5, 0.6) is 11.8 Å². The van der Waals surface area contributed by atoms with E-state index in [1.165, 1.54) is 5.69 Å². The molecule has 2 aliphatic heterocycles. The second-order valence-corrected chi connectivity index (χ2v) is 14.5. The number of anilines is 1. The van der Waals surface area contributed by atoms with Crippen LogP contribution in [0.15, 0.2) is 91.0 Å². The maximum Gasteiger partial charge on any atom is 0.410 e. The minimum absolute atomic E-state index is 0.214. The number of benzene rings is 3. The first kappa shape index (κ1) is 34.4. The average molecular weight is 689 g/mol. The molecule has 2 saturated heterocycles. The minimum Gasteiger partial charge on any atom is -0.473 e. The van der Waals surface area contributed by atoms with Gasteiger partial charge in [0.1, 0.15) is 24.5 Å². The highest BCUT2D eigenvalue weighted by Gasteiger charge is 2.31. The number of piperidine rings is 1. The highest BCUT2D eigenvalue weighted by atomic mass is 16.6. The van der Waals surface area contributed by atoms with Crippen LogP contribution in [0.25, 0.3) is 22.2 Å². The number of amides is 1. The van der Waals surface area contributed by atoms with Gasteiger partial charge in [0.25, 0.3) is 0 Å². The summed E-state index contributed by atoms with van der Waals surface area (Å²) >= 11 is 0. The number of carbonyl (C=O) groups is 1. The highest BCUT2D eigenvalue weighted by Crippen LogP contribution is 2.37. The molecule has 0 aliphatic carbocycles. The van der Waals surface area contributed by atoms with Gasteiger partial charge in [-0.1, -0.05) is 60.7 Å². The Hall–Kier alpha value is -5.09. The lowest BCUT2D eigenvalue weighted by Crippen LogP contribution is -2.56. The molecule has 51 heavy (non-hydrogen) atoms. The van der Waals surface area contributed by atoms with E-state index < -0.39 is 5.60 Å². The third-order valence-electron chi connectivity index (χ3n) is 9.62. The van der Waals surface area contributed by atoms with Gasteiger partial charge in [-0.25, -0.2) is 4.79 Å². The molecule has 4 heterocycles. The number of fused-ring (bicyclic) bond motifs is 1. The summed E-state index contributed by atoms with van der Waals surface area (Å²) in [6.45, 7) is 11.6. The second-order valence-electron chi connectivity index (χ2n) is 14.5. The van der Waals surface area contributed by atoms with Crippen LogP contribution in [0.4, 0.5) is 10.5 Å². The lowest BCUT2D eigenvalue weighted by Gasteiger charge is -2.44. The standard InChI is InChI=1S/C41H48N6O4/c1-41(2,3)51-40(48)46-24-22-45(23-25-46)33-16-11-21-47(27-33)32-17-18-34-36(26-32)44(4)43-38(34)35-19-20-37(49-28-30-12-7-5-8-13-30)42-39(35)50-29-31-14-9-6-10-15-31/h5-10,12-15,17-20,26,33H,11,16,21-25,27-29H2,1-4H3. The van der Waals surface area contributed by atoms with Crippen molar-refractivity contribution in [3.05, 3.63) is 102 Å². The third kappa shape index (κ3) is 8.28. The van der Waals surface area contributed by atoms with Crippen molar-refractivity contribution in [2.75, 3.05) is 44.2 Å². The Morgan fingerprint density at radius 2 is 1.51 bits per heavy atom. The van der Waals surface area contributed by atoms with E-state index in [2.05, 4.69) is 28.0 Å². The fourth-order valence-corrected chi connectivity index (χ4v) is 6.98. The SMILES string of the molecule is Cn1nc(-c2ccc(OCc3ccccc3)nc2OCc2ccccc2)c2ccc(N3CCCC(N4CCN(C(=O)OC(C)(C)C)CC4)C3)cc21. The number of ether oxygens (including phenoxy) is 3. The first-order valence-corrected chi connectivity index (χ1v) is 18.0. The molecule has 1 amide bonds. The van der Waals surface area contributed by atoms with Crippen molar-refractivity contribution in [1.82, 2.24) is 24.6 Å². The molecule has 266 valence electrons. The van der Waals surface area contributed by atoms with E-state index >= 15 is 0 Å². The van der Waals surface area contributed by atoms with E-state index in [9.17, 15) is 4.79 Å². The van der Waals surface area contributed by atoms with E-state index in [1.54, 1.807) is 0 Å². The summed E-state index contributed by atoms with van der Waals surface area (Å²) in [7, 11) is 1.99. The zero-order valence-corrected chi connectivity index (χ0v) is 30.1. The summed E-state index contributed by atoms with van der Waals surface area (Å²) in [5, 5.41) is 6.04. The van der Waals surface area contributed by atoms with Crippen molar-refractivity contribution in [3.8, 4) is 23.0 Å². The first-order chi connectivity index (χ1) is 24.7. The molecule has 10 nitrogen and oxygen atoms in total. The molecule has 2 aromatic heterocycles. The summed E-state index contributed by atoms with van der Waals surface area (Å²) in [4.78, 5) is 24.3. The number of piperazine rings is 1. The molecule has 3 aromatic carbocycles. The van der Waals surface area contributed by atoms with Gasteiger partial charge >= 0.3 is 6.09 Å². The van der Waals surface area contributed by atoms with Crippen LogP contribution in [0, 0.1) is 0 Å². The quantitative estimate of drug-likeness (QED) is 0.159. The fourth-order valence-electron chi connectivity index (χ4n) is 6.98. The maximum absolute atomic E-state index is 12.6. The van der Waals surface area contributed by atoms with Crippen molar-refractivity contribution >= 4 is 22.7 Å². The highest BCUT2D eigenvalue weighted by molar-refractivity contribution is 5.96. The summed E-state index contributed by atoms with van der Waals surface area (Å²) in [6.07, 6.45) is 2.07. The summed E-state index contributed by atoms with van der Waals surface area (Å²) < 4.78 is 20.0. The first-order valence-electron chi connectivity index (χ1n) is 18.0. The van der Waals surface area contributed by atoms with Crippen LogP contribution < -0.4 is 14.4 Å².